The number of esters is 1. The molecule has 1 fully saturated rings. The predicted molar refractivity (Wildman–Crippen MR) is 60.6 cm³/mol. The lowest BCUT2D eigenvalue weighted by Gasteiger charge is -2.04. The van der Waals surface area contributed by atoms with Crippen LogP contribution in [0.5, 0.6) is 0 Å². The molecule has 0 aromatic rings. The van der Waals surface area contributed by atoms with E-state index in [0.717, 1.165) is 13.1 Å². The first-order valence-electron chi connectivity index (χ1n) is 5.61. The Labute approximate surface area is 92.6 Å². The lowest BCUT2D eigenvalue weighted by Crippen LogP contribution is -2.22. The van der Waals surface area contributed by atoms with Crippen LogP contribution in [0.25, 0.3) is 0 Å². The highest BCUT2D eigenvalue weighted by atomic mass is 16.5. The predicted octanol–water partition coefficient (Wildman–Crippen LogP) is 1.82. The number of methoxy groups -OCH3 is 1. The number of nitrogens with one attached hydrogen (secondary N) is 1. The number of carbonyl (C=O) groups is 1. The largest absolute Gasteiger partial charge is 0.469 e. The van der Waals surface area contributed by atoms with E-state index in [0.29, 0.717) is 23.2 Å². The highest BCUT2D eigenvalue weighted by Crippen LogP contribution is 2.67. The molecule has 0 heterocycles. The van der Waals surface area contributed by atoms with Gasteiger partial charge >= 0.3 is 5.97 Å². The Morgan fingerprint density at radius 1 is 1.27 bits per heavy atom. The molecule has 3 nitrogen and oxygen atoms in total. The third-order valence-corrected chi connectivity index (χ3v) is 4.40. The first kappa shape index (κ1) is 12.5. The maximum atomic E-state index is 10.9. The zero-order valence-corrected chi connectivity index (χ0v) is 10.5. The van der Waals surface area contributed by atoms with Crippen LogP contribution in [0.15, 0.2) is 0 Å². The van der Waals surface area contributed by atoms with Gasteiger partial charge in [-0.25, -0.2) is 0 Å². The van der Waals surface area contributed by atoms with Crippen LogP contribution in [0, 0.1) is 16.7 Å². The zero-order chi connectivity index (χ0) is 11.7. The summed E-state index contributed by atoms with van der Waals surface area (Å²) in [5.74, 6) is 0.569. The minimum atomic E-state index is -0.142. The van der Waals surface area contributed by atoms with E-state index in [2.05, 4.69) is 37.7 Å². The second-order valence-electron chi connectivity index (χ2n) is 5.53. The van der Waals surface area contributed by atoms with Crippen molar-refractivity contribution in [1.82, 2.24) is 5.32 Å². The van der Waals surface area contributed by atoms with E-state index in [-0.39, 0.29) is 5.97 Å². The van der Waals surface area contributed by atoms with Gasteiger partial charge in [-0.05, 0) is 23.3 Å². The van der Waals surface area contributed by atoms with Crippen molar-refractivity contribution in [2.75, 3.05) is 20.2 Å². The fourth-order valence-electron chi connectivity index (χ4n) is 2.38. The standard InChI is InChI=1S/C12H23NO2/c1-11(2)9(12(11,3)4)8-13-7-6-10(14)15-5/h9,13H,6-8H2,1-5H3. The molecular formula is C12H23NO2. The van der Waals surface area contributed by atoms with Crippen LogP contribution in [-0.2, 0) is 9.53 Å². The third kappa shape index (κ3) is 2.33. The van der Waals surface area contributed by atoms with Crippen LogP contribution >= 0.6 is 0 Å². The highest BCUT2D eigenvalue weighted by Gasteiger charge is 2.63. The minimum absolute atomic E-state index is 0.142. The van der Waals surface area contributed by atoms with Gasteiger partial charge < -0.3 is 10.1 Å². The first-order valence-corrected chi connectivity index (χ1v) is 5.61. The maximum Gasteiger partial charge on any atom is 0.306 e. The summed E-state index contributed by atoms with van der Waals surface area (Å²) in [4.78, 5) is 10.9. The van der Waals surface area contributed by atoms with Gasteiger partial charge in [0.05, 0.1) is 13.5 Å². The Hall–Kier alpha value is -0.570. The maximum absolute atomic E-state index is 10.9. The van der Waals surface area contributed by atoms with E-state index < -0.39 is 0 Å². The fourth-order valence-corrected chi connectivity index (χ4v) is 2.38. The molecule has 0 atom stereocenters. The third-order valence-electron chi connectivity index (χ3n) is 4.40. The van der Waals surface area contributed by atoms with Crippen molar-refractivity contribution >= 4 is 5.97 Å². The minimum Gasteiger partial charge on any atom is -0.469 e. The lowest BCUT2D eigenvalue weighted by molar-refractivity contribution is -0.140. The highest BCUT2D eigenvalue weighted by molar-refractivity contribution is 5.69. The molecule has 0 spiro atoms. The van der Waals surface area contributed by atoms with E-state index in [9.17, 15) is 4.79 Å². The summed E-state index contributed by atoms with van der Waals surface area (Å²) in [7, 11) is 1.43. The van der Waals surface area contributed by atoms with Crippen molar-refractivity contribution in [2.45, 2.75) is 34.1 Å². The van der Waals surface area contributed by atoms with Gasteiger partial charge in [-0.1, -0.05) is 27.7 Å². The van der Waals surface area contributed by atoms with Gasteiger partial charge in [0.1, 0.15) is 0 Å². The summed E-state index contributed by atoms with van der Waals surface area (Å²) in [6.07, 6.45) is 0.462. The van der Waals surface area contributed by atoms with Gasteiger partial charge in [-0.15, -0.1) is 0 Å². The van der Waals surface area contributed by atoms with Crippen molar-refractivity contribution in [3.63, 3.8) is 0 Å². The van der Waals surface area contributed by atoms with Crippen LogP contribution in [-0.4, -0.2) is 26.2 Å². The zero-order valence-electron chi connectivity index (χ0n) is 10.5. The molecule has 0 unspecified atom stereocenters. The molecule has 1 aliphatic rings. The summed E-state index contributed by atoms with van der Waals surface area (Å²) < 4.78 is 4.58. The number of hydrogen-bond donors (Lipinski definition) is 1. The quantitative estimate of drug-likeness (QED) is 0.559. The molecule has 0 aliphatic heterocycles. The van der Waals surface area contributed by atoms with Gasteiger partial charge in [0.25, 0.3) is 0 Å². The van der Waals surface area contributed by atoms with Crippen molar-refractivity contribution in [3.8, 4) is 0 Å². The van der Waals surface area contributed by atoms with Gasteiger partial charge in [0.15, 0.2) is 0 Å². The Kier molecular flexibility index (Phi) is 3.44. The van der Waals surface area contributed by atoms with Crippen molar-refractivity contribution < 1.29 is 9.53 Å². The molecule has 88 valence electrons. The van der Waals surface area contributed by atoms with Crippen molar-refractivity contribution in [1.29, 1.82) is 0 Å². The molecule has 1 saturated carbocycles. The molecule has 0 aromatic carbocycles. The summed E-state index contributed by atoms with van der Waals surface area (Å²) in [5.41, 5.74) is 0.844. The van der Waals surface area contributed by atoms with Crippen molar-refractivity contribution in [2.24, 2.45) is 16.7 Å². The van der Waals surface area contributed by atoms with Gasteiger partial charge in [-0.2, -0.15) is 0 Å². The SMILES string of the molecule is COC(=O)CCNCC1C(C)(C)C1(C)C. The van der Waals surface area contributed by atoms with Gasteiger partial charge in [-0.3, -0.25) is 4.79 Å². The smallest absolute Gasteiger partial charge is 0.306 e. The number of carbonyl (C=O) groups excluding carboxylic acids is 1. The van der Waals surface area contributed by atoms with E-state index in [4.69, 9.17) is 0 Å². The van der Waals surface area contributed by atoms with Crippen molar-refractivity contribution in [3.05, 3.63) is 0 Å². The molecule has 1 rings (SSSR count). The number of rotatable bonds is 5. The van der Waals surface area contributed by atoms with E-state index >= 15 is 0 Å². The Morgan fingerprint density at radius 2 is 1.80 bits per heavy atom. The van der Waals surface area contributed by atoms with Gasteiger partial charge in [0.2, 0.25) is 0 Å². The Bertz CT molecular complexity index is 232. The molecule has 3 heteroatoms. The van der Waals surface area contributed by atoms with E-state index in [1.807, 2.05) is 0 Å². The Morgan fingerprint density at radius 3 is 2.20 bits per heavy atom. The fraction of sp³-hybridized carbons (Fsp3) is 0.917. The molecule has 0 amide bonds. The van der Waals surface area contributed by atoms with Crippen LogP contribution < -0.4 is 5.32 Å². The van der Waals surface area contributed by atoms with Gasteiger partial charge in [0, 0.05) is 6.54 Å². The topological polar surface area (TPSA) is 38.3 Å². The first-order chi connectivity index (χ1) is 6.84. The molecule has 15 heavy (non-hydrogen) atoms. The molecule has 0 saturated heterocycles. The van der Waals surface area contributed by atoms with Crippen LogP contribution in [0.2, 0.25) is 0 Å². The monoisotopic (exact) mass is 213 g/mol. The second kappa shape index (κ2) is 4.12. The summed E-state index contributed by atoms with van der Waals surface area (Å²) >= 11 is 0. The Balaban J connectivity index is 2.16. The molecule has 0 aromatic heterocycles. The number of hydrogen-bond acceptors (Lipinski definition) is 3. The van der Waals surface area contributed by atoms with E-state index in [1.165, 1.54) is 7.11 Å². The normalized spacial score (nSPS) is 22.5. The average molecular weight is 213 g/mol. The van der Waals surface area contributed by atoms with Crippen LogP contribution in [0.4, 0.5) is 0 Å². The average Bonchev–Trinajstić information content (AvgIpc) is 2.53. The summed E-state index contributed by atoms with van der Waals surface area (Å²) in [6, 6.07) is 0. The molecule has 1 N–H and O–H groups in total. The molecule has 0 bridgehead atoms. The van der Waals surface area contributed by atoms with Crippen LogP contribution in [0.1, 0.15) is 34.1 Å². The summed E-state index contributed by atoms with van der Waals surface area (Å²) in [6.45, 7) is 10.9. The molecule has 0 radical (unpaired) electrons. The van der Waals surface area contributed by atoms with E-state index in [1.54, 1.807) is 0 Å². The molecular weight excluding hydrogens is 190 g/mol. The molecule has 1 aliphatic carbocycles. The summed E-state index contributed by atoms with van der Waals surface area (Å²) in [5, 5.41) is 3.32. The second-order valence-corrected chi connectivity index (χ2v) is 5.53. The number of ether oxygens (including phenoxy) is 1. The lowest BCUT2D eigenvalue weighted by atomic mass is 10.0. The van der Waals surface area contributed by atoms with Crippen LogP contribution in [0.3, 0.4) is 0 Å².